The molecule has 8 nitrogen and oxygen atoms in total. The molecule has 0 bridgehead atoms. The lowest BCUT2D eigenvalue weighted by Gasteiger charge is -2.32. The lowest BCUT2D eigenvalue weighted by Crippen LogP contribution is -2.45. The number of hydrogen-bond acceptors (Lipinski definition) is 8. The number of hydrogen-bond donors (Lipinski definition) is 1. The molecule has 0 saturated heterocycles. The van der Waals surface area contributed by atoms with Gasteiger partial charge in [0.25, 0.3) is 0 Å². The fourth-order valence-electron chi connectivity index (χ4n) is 4.08. The number of aromatic nitrogens is 1. The molecule has 0 aliphatic rings. The number of aromatic hydroxyl groups is 1. The lowest BCUT2D eigenvalue weighted by atomic mass is 9.86. The molecule has 0 saturated carbocycles. The Morgan fingerprint density at radius 1 is 1.03 bits per heavy atom. The van der Waals surface area contributed by atoms with Crippen molar-refractivity contribution >= 4 is 11.8 Å². The minimum Gasteiger partial charge on any atom is -0.503 e. The minimum absolute atomic E-state index is 0.127. The van der Waals surface area contributed by atoms with Crippen molar-refractivity contribution in [3.63, 3.8) is 0 Å². The maximum absolute atomic E-state index is 13.4. The molecular weight excluding hydrogens is 474 g/mol. The fourth-order valence-corrected chi connectivity index (χ4v) is 4.08. The number of rotatable bonds is 16. The first-order valence-electron chi connectivity index (χ1n) is 13.1. The molecule has 2 rings (SSSR count). The molecule has 5 atom stereocenters. The Labute approximate surface area is 220 Å². The number of benzene rings is 1. The van der Waals surface area contributed by atoms with Gasteiger partial charge in [0, 0.05) is 25.3 Å². The van der Waals surface area contributed by atoms with E-state index >= 15 is 0 Å². The van der Waals surface area contributed by atoms with E-state index < -0.39 is 29.9 Å². The average molecular weight is 516 g/mol. The second-order valence-electron chi connectivity index (χ2n) is 9.18. The van der Waals surface area contributed by atoms with Gasteiger partial charge in [0.05, 0.1) is 19.1 Å². The number of esters is 1. The Balaban J connectivity index is 2.24. The van der Waals surface area contributed by atoms with Crippen LogP contribution in [0.1, 0.15) is 70.8 Å². The number of carbonyl (C=O) groups excluding carboxylic acids is 2. The van der Waals surface area contributed by atoms with Crippen LogP contribution in [0, 0.1) is 11.8 Å². The summed E-state index contributed by atoms with van der Waals surface area (Å²) in [5.74, 6) is -1.35. The van der Waals surface area contributed by atoms with Crippen LogP contribution in [0.3, 0.4) is 0 Å². The molecule has 0 spiro atoms. The van der Waals surface area contributed by atoms with E-state index in [1.807, 2.05) is 58.0 Å². The van der Waals surface area contributed by atoms with Crippen LogP contribution in [-0.2, 0) is 14.3 Å². The van der Waals surface area contributed by atoms with E-state index in [1.54, 1.807) is 6.92 Å². The van der Waals surface area contributed by atoms with Crippen molar-refractivity contribution in [1.29, 1.82) is 0 Å². The highest BCUT2D eigenvalue weighted by atomic mass is 16.6. The second kappa shape index (κ2) is 15.2. The summed E-state index contributed by atoms with van der Waals surface area (Å²) in [6.45, 7) is 10.2. The van der Waals surface area contributed by atoms with Gasteiger partial charge in [-0.1, -0.05) is 52.3 Å². The van der Waals surface area contributed by atoms with Gasteiger partial charge < -0.3 is 24.1 Å². The SMILES string of the molecule is CCCO[C@@H](CC)[C@@H](Oc1ccccc1)[C@H](C)OC(=O)[C@@H](CC(=O)c1nccc(OC)c1O)[C@@H](C)CC. The van der Waals surface area contributed by atoms with Crippen molar-refractivity contribution in [3.8, 4) is 17.2 Å². The summed E-state index contributed by atoms with van der Waals surface area (Å²) in [6.07, 6.45) is 1.96. The quantitative estimate of drug-likeness (QED) is 0.227. The number of para-hydroxylation sites is 1. The Kier molecular flexibility index (Phi) is 12.4. The van der Waals surface area contributed by atoms with E-state index in [9.17, 15) is 14.7 Å². The maximum Gasteiger partial charge on any atom is 0.310 e. The Hall–Kier alpha value is -3.13. The van der Waals surface area contributed by atoms with Crippen molar-refractivity contribution in [3.05, 3.63) is 48.3 Å². The van der Waals surface area contributed by atoms with Gasteiger partial charge in [-0.3, -0.25) is 9.59 Å². The van der Waals surface area contributed by atoms with Crippen molar-refractivity contribution in [2.24, 2.45) is 11.8 Å². The number of carbonyl (C=O) groups is 2. The second-order valence-corrected chi connectivity index (χ2v) is 9.18. The van der Waals surface area contributed by atoms with Crippen molar-refractivity contribution < 1.29 is 33.6 Å². The smallest absolute Gasteiger partial charge is 0.310 e. The highest BCUT2D eigenvalue weighted by molar-refractivity contribution is 5.99. The highest BCUT2D eigenvalue weighted by Gasteiger charge is 2.36. The minimum atomic E-state index is -0.721. The molecule has 37 heavy (non-hydrogen) atoms. The van der Waals surface area contributed by atoms with Crippen molar-refractivity contribution in [2.45, 2.75) is 78.6 Å². The van der Waals surface area contributed by atoms with Crippen LogP contribution in [0.25, 0.3) is 0 Å². The van der Waals surface area contributed by atoms with Crippen LogP contribution >= 0.6 is 0 Å². The Bertz CT molecular complexity index is 981. The molecule has 1 heterocycles. The van der Waals surface area contributed by atoms with Gasteiger partial charge in [0.15, 0.2) is 29.1 Å². The normalized spacial score (nSPS) is 15.2. The molecule has 2 aromatic rings. The number of nitrogens with zero attached hydrogens (tertiary/aromatic N) is 1. The summed E-state index contributed by atoms with van der Waals surface area (Å²) in [6, 6.07) is 10.8. The van der Waals surface area contributed by atoms with E-state index in [0.717, 1.165) is 6.42 Å². The predicted octanol–water partition coefficient (Wildman–Crippen LogP) is 5.62. The average Bonchev–Trinajstić information content (AvgIpc) is 2.91. The van der Waals surface area contributed by atoms with Gasteiger partial charge in [0.2, 0.25) is 0 Å². The van der Waals surface area contributed by atoms with Crippen molar-refractivity contribution in [1.82, 2.24) is 4.98 Å². The molecule has 0 aliphatic heterocycles. The third kappa shape index (κ3) is 8.45. The van der Waals surface area contributed by atoms with E-state index in [0.29, 0.717) is 25.2 Å². The zero-order valence-electron chi connectivity index (χ0n) is 22.8. The van der Waals surface area contributed by atoms with E-state index in [1.165, 1.54) is 19.4 Å². The molecule has 0 amide bonds. The summed E-state index contributed by atoms with van der Waals surface area (Å²) in [5.41, 5.74) is -0.127. The molecule has 8 heteroatoms. The summed E-state index contributed by atoms with van der Waals surface area (Å²) in [5, 5.41) is 10.4. The Morgan fingerprint density at radius 2 is 1.73 bits per heavy atom. The molecule has 1 aromatic carbocycles. The first kappa shape index (κ1) is 30.1. The van der Waals surface area contributed by atoms with Crippen LogP contribution in [0.4, 0.5) is 0 Å². The molecule has 0 unspecified atom stereocenters. The van der Waals surface area contributed by atoms with Crippen LogP contribution in [0.15, 0.2) is 42.6 Å². The molecule has 1 aromatic heterocycles. The van der Waals surface area contributed by atoms with E-state index in [2.05, 4.69) is 4.98 Å². The van der Waals surface area contributed by atoms with Gasteiger partial charge in [-0.2, -0.15) is 0 Å². The zero-order chi connectivity index (χ0) is 27.4. The Morgan fingerprint density at radius 3 is 2.32 bits per heavy atom. The molecule has 1 N–H and O–H groups in total. The fraction of sp³-hybridized carbons (Fsp3) is 0.552. The number of methoxy groups -OCH3 is 1. The highest BCUT2D eigenvalue weighted by Crippen LogP contribution is 2.31. The summed E-state index contributed by atoms with van der Waals surface area (Å²) in [7, 11) is 1.39. The van der Waals surface area contributed by atoms with Crippen molar-refractivity contribution in [2.75, 3.05) is 13.7 Å². The summed E-state index contributed by atoms with van der Waals surface area (Å²) in [4.78, 5) is 30.5. The standard InChI is InChI=1S/C29H41NO7/c1-7-17-35-24(9-3)28(37-21-13-11-10-12-14-21)20(5)36-29(33)22(19(4)8-2)18-23(31)26-27(32)25(34-6)15-16-30-26/h10-16,19-20,22,24,28,32H,7-9,17-18H2,1-6H3/t19-,20-,22-,24-,28-/m0/s1. The number of pyridine rings is 1. The summed E-state index contributed by atoms with van der Waals surface area (Å²) < 4.78 is 23.3. The number of ether oxygens (including phenoxy) is 4. The molecule has 0 fully saturated rings. The van der Waals surface area contributed by atoms with Gasteiger partial charge in [0.1, 0.15) is 11.9 Å². The summed E-state index contributed by atoms with van der Waals surface area (Å²) >= 11 is 0. The van der Waals surface area contributed by atoms with Gasteiger partial charge in [-0.15, -0.1) is 0 Å². The van der Waals surface area contributed by atoms with Gasteiger partial charge in [-0.25, -0.2) is 4.98 Å². The molecule has 0 radical (unpaired) electrons. The van der Waals surface area contributed by atoms with Crippen LogP contribution < -0.4 is 9.47 Å². The van der Waals surface area contributed by atoms with Crippen LogP contribution in [0.2, 0.25) is 0 Å². The van der Waals surface area contributed by atoms with E-state index in [-0.39, 0.29) is 35.6 Å². The van der Waals surface area contributed by atoms with Gasteiger partial charge >= 0.3 is 5.97 Å². The largest absolute Gasteiger partial charge is 0.503 e. The molecular formula is C29H41NO7. The monoisotopic (exact) mass is 515 g/mol. The molecule has 204 valence electrons. The number of ketones is 1. The number of Topliss-reactive ketones (excluding diaryl/α,β-unsaturated/α-hetero) is 1. The first-order chi connectivity index (χ1) is 17.8. The predicted molar refractivity (Wildman–Crippen MR) is 141 cm³/mol. The van der Waals surface area contributed by atoms with E-state index in [4.69, 9.17) is 18.9 Å². The zero-order valence-corrected chi connectivity index (χ0v) is 22.8. The lowest BCUT2D eigenvalue weighted by molar-refractivity contribution is -0.165. The first-order valence-corrected chi connectivity index (χ1v) is 13.1. The maximum atomic E-state index is 13.4. The molecule has 0 aliphatic carbocycles. The van der Waals surface area contributed by atoms with Crippen LogP contribution in [0.5, 0.6) is 17.2 Å². The van der Waals surface area contributed by atoms with Crippen LogP contribution in [-0.4, -0.2) is 53.9 Å². The topological polar surface area (TPSA) is 104 Å². The third-order valence-electron chi connectivity index (χ3n) is 6.50. The van der Waals surface area contributed by atoms with Gasteiger partial charge in [-0.05, 0) is 37.8 Å². The third-order valence-corrected chi connectivity index (χ3v) is 6.50.